The second kappa shape index (κ2) is 6.67. The van der Waals surface area contributed by atoms with Crippen LogP contribution in [0.25, 0.3) is 0 Å². The first-order valence-corrected chi connectivity index (χ1v) is 7.05. The molecule has 0 saturated heterocycles. The van der Waals surface area contributed by atoms with E-state index in [1.807, 2.05) is 0 Å². The number of para-hydroxylation sites is 1. The maximum absolute atomic E-state index is 13.8. The molecule has 21 heavy (non-hydrogen) atoms. The maximum Gasteiger partial charge on any atom is 0.337 e. The van der Waals surface area contributed by atoms with Crippen molar-refractivity contribution in [3.8, 4) is 0 Å². The van der Waals surface area contributed by atoms with Crippen molar-refractivity contribution in [1.82, 2.24) is 0 Å². The van der Waals surface area contributed by atoms with Gasteiger partial charge in [-0.3, -0.25) is 4.79 Å². The fourth-order valence-electron chi connectivity index (χ4n) is 2.72. The van der Waals surface area contributed by atoms with Crippen molar-refractivity contribution in [2.75, 3.05) is 11.9 Å². The standard InChI is InChI=1S/C15H19FN2O3/c16-12-3-1-2-11(15(20)21)13(12)18-14(19)10-6-4-9(8-17)5-7-10/h1-3,9-10H,4-8,17H2,(H,18,19)(H,20,21). The molecule has 0 radical (unpaired) electrons. The Balaban J connectivity index is 2.08. The zero-order chi connectivity index (χ0) is 15.4. The van der Waals surface area contributed by atoms with Crippen molar-refractivity contribution in [3.63, 3.8) is 0 Å². The number of amides is 1. The monoisotopic (exact) mass is 294 g/mol. The molecule has 114 valence electrons. The third kappa shape index (κ3) is 3.58. The van der Waals surface area contributed by atoms with Crippen LogP contribution < -0.4 is 11.1 Å². The topological polar surface area (TPSA) is 92.4 Å². The van der Waals surface area contributed by atoms with Crippen LogP contribution in [0, 0.1) is 17.7 Å². The van der Waals surface area contributed by atoms with E-state index in [1.165, 1.54) is 12.1 Å². The molecule has 1 fully saturated rings. The number of nitrogens with one attached hydrogen (secondary N) is 1. The molecule has 1 aliphatic rings. The molecule has 0 aromatic heterocycles. The number of anilines is 1. The lowest BCUT2D eigenvalue weighted by Gasteiger charge is -2.27. The van der Waals surface area contributed by atoms with Gasteiger partial charge in [-0.15, -0.1) is 0 Å². The van der Waals surface area contributed by atoms with Crippen LogP contribution in [0.1, 0.15) is 36.0 Å². The van der Waals surface area contributed by atoms with Gasteiger partial charge in [-0.05, 0) is 50.3 Å². The van der Waals surface area contributed by atoms with Crippen molar-refractivity contribution in [1.29, 1.82) is 0 Å². The highest BCUT2D eigenvalue weighted by Crippen LogP contribution is 2.30. The molecular formula is C15H19FN2O3. The average molecular weight is 294 g/mol. The number of hydrogen-bond acceptors (Lipinski definition) is 3. The van der Waals surface area contributed by atoms with Gasteiger partial charge >= 0.3 is 5.97 Å². The van der Waals surface area contributed by atoms with E-state index in [0.717, 1.165) is 18.9 Å². The fraction of sp³-hybridized carbons (Fsp3) is 0.467. The molecule has 1 saturated carbocycles. The molecule has 0 unspecified atom stereocenters. The first-order valence-electron chi connectivity index (χ1n) is 7.05. The minimum Gasteiger partial charge on any atom is -0.478 e. The zero-order valence-electron chi connectivity index (χ0n) is 11.6. The number of carbonyl (C=O) groups excluding carboxylic acids is 1. The third-order valence-corrected chi connectivity index (χ3v) is 4.04. The molecule has 1 aromatic rings. The molecule has 1 amide bonds. The van der Waals surface area contributed by atoms with E-state index >= 15 is 0 Å². The molecular weight excluding hydrogens is 275 g/mol. The van der Waals surface area contributed by atoms with Gasteiger partial charge in [0.2, 0.25) is 5.91 Å². The lowest BCUT2D eigenvalue weighted by molar-refractivity contribution is -0.121. The Morgan fingerprint density at radius 1 is 1.29 bits per heavy atom. The number of carboxylic acid groups (broad SMARTS) is 1. The van der Waals surface area contributed by atoms with Gasteiger partial charge in [0.1, 0.15) is 5.82 Å². The summed E-state index contributed by atoms with van der Waals surface area (Å²) < 4.78 is 13.8. The zero-order valence-corrected chi connectivity index (χ0v) is 11.6. The van der Waals surface area contributed by atoms with Crippen molar-refractivity contribution < 1.29 is 19.1 Å². The number of halogens is 1. The number of nitrogens with two attached hydrogens (primary N) is 1. The Bertz CT molecular complexity index is 540. The van der Waals surface area contributed by atoms with Crippen LogP contribution in [-0.4, -0.2) is 23.5 Å². The molecule has 0 bridgehead atoms. The minimum absolute atomic E-state index is 0.214. The number of rotatable bonds is 4. The van der Waals surface area contributed by atoms with Crippen molar-refractivity contribution in [2.24, 2.45) is 17.6 Å². The van der Waals surface area contributed by atoms with Gasteiger partial charge in [-0.25, -0.2) is 9.18 Å². The lowest BCUT2D eigenvalue weighted by atomic mass is 9.81. The summed E-state index contributed by atoms with van der Waals surface area (Å²) in [7, 11) is 0. The van der Waals surface area contributed by atoms with E-state index in [0.29, 0.717) is 25.3 Å². The van der Waals surface area contributed by atoms with E-state index in [2.05, 4.69) is 5.32 Å². The molecule has 0 atom stereocenters. The SMILES string of the molecule is NCC1CCC(C(=O)Nc2c(F)cccc2C(=O)O)CC1. The van der Waals surface area contributed by atoms with Crippen LogP contribution in [0.3, 0.4) is 0 Å². The molecule has 2 rings (SSSR count). The Morgan fingerprint density at radius 3 is 2.52 bits per heavy atom. The summed E-state index contributed by atoms with van der Waals surface area (Å²) in [5.74, 6) is -2.10. The first-order chi connectivity index (χ1) is 10.0. The number of benzene rings is 1. The van der Waals surface area contributed by atoms with E-state index in [4.69, 9.17) is 10.8 Å². The molecule has 4 N–H and O–H groups in total. The van der Waals surface area contributed by atoms with Gasteiger partial charge in [-0.1, -0.05) is 6.07 Å². The fourth-order valence-corrected chi connectivity index (χ4v) is 2.72. The number of hydrogen-bond donors (Lipinski definition) is 3. The largest absolute Gasteiger partial charge is 0.478 e. The van der Waals surface area contributed by atoms with Crippen molar-refractivity contribution >= 4 is 17.6 Å². The van der Waals surface area contributed by atoms with Crippen molar-refractivity contribution in [3.05, 3.63) is 29.6 Å². The summed E-state index contributed by atoms with van der Waals surface area (Å²) in [6.07, 6.45) is 3.14. The highest BCUT2D eigenvalue weighted by Gasteiger charge is 2.27. The van der Waals surface area contributed by atoms with E-state index in [-0.39, 0.29) is 23.1 Å². The molecule has 5 nitrogen and oxygen atoms in total. The highest BCUT2D eigenvalue weighted by molar-refractivity contribution is 6.01. The van der Waals surface area contributed by atoms with Gasteiger partial charge in [0.25, 0.3) is 0 Å². The predicted molar refractivity (Wildman–Crippen MR) is 76.5 cm³/mol. The van der Waals surface area contributed by atoms with Gasteiger partial charge < -0.3 is 16.2 Å². The van der Waals surface area contributed by atoms with Crippen molar-refractivity contribution in [2.45, 2.75) is 25.7 Å². The van der Waals surface area contributed by atoms with Gasteiger partial charge in [0.15, 0.2) is 0 Å². The Kier molecular flexibility index (Phi) is 4.90. The molecule has 0 spiro atoms. The molecule has 6 heteroatoms. The van der Waals surface area contributed by atoms with Crippen LogP contribution >= 0.6 is 0 Å². The quantitative estimate of drug-likeness (QED) is 0.794. The average Bonchev–Trinajstić information content (AvgIpc) is 2.49. The predicted octanol–water partition coefficient (Wildman–Crippen LogP) is 2.23. The van der Waals surface area contributed by atoms with Crippen LogP contribution in [0.5, 0.6) is 0 Å². The van der Waals surface area contributed by atoms with E-state index in [9.17, 15) is 14.0 Å². The maximum atomic E-state index is 13.8. The lowest BCUT2D eigenvalue weighted by Crippen LogP contribution is -2.30. The summed E-state index contributed by atoms with van der Waals surface area (Å²) in [6.45, 7) is 0.616. The second-order valence-electron chi connectivity index (χ2n) is 5.41. The summed E-state index contributed by atoms with van der Waals surface area (Å²) in [5, 5.41) is 11.5. The third-order valence-electron chi connectivity index (χ3n) is 4.04. The van der Waals surface area contributed by atoms with Crippen LogP contribution in [-0.2, 0) is 4.79 Å². The summed E-state index contributed by atoms with van der Waals surface area (Å²) in [5.41, 5.74) is 5.12. The van der Waals surface area contributed by atoms with Gasteiger partial charge in [0.05, 0.1) is 11.3 Å². The van der Waals surface area contributed by atoms with Gasteiger partial charge in [-0.2, -0.15) is 0 Å². The Labute approximate surface area is 122 Å². The molecule has 1 aliphatic carbocycles. The number of aromatic carboxylic acids is 1. The van der Waals surface area contributed by atoms with E-state index < -0.39 is 11.8 Å². The van der Waals surface area contributed by atoms with Crippen LogP contribution in [0.2, 0.25) is 0 Å². The number of carbonyl (C=O) groups is 2. The Morgan fingerprint density at radius 2 is 1.95 bits per heavy atom. The smallest absolute Gasteiger partial charge is 0.337 e. The van der Waals surface area contributed by atoms with Crippen LogP contribution in [0.4, 0.5) is 10.1 Å². The van der Waals surface area contributed by atoms with Crippen LogP contribution in [0.15, 0.2) is 18.2 Å². The molecule has 0 heterocycles. The van der Waals surface area contributed by atoms with E-state index in [1.54, 1.807) is 0 Å². The van der Waals surface area contributed by atoms with Gasteiger partial charge in [0, 0.05) is 5.92 Å². The summed E-state index contributed by atoms with van der Waals surface area (Å²) in [4.78, 5) is 23.3. The minimum atomic E-state index is -1.27. The normalized spacial score (nSPS) is 21.8. The summed E-state index contributed by atoms with van der Waals surface area (Å²) >= 11 is 0. The first kappa shape index (κ1) is 15.4. The number of carboxylic acids is 1. The molecule has 1 aromatic carbocycles. The second-order valence-corrected chi connectivity index (χ2v) is 5.41. The highest BCUT2D eigenvalue weighted by atomic mass is 19.1. The summed E-state index contributed by atoms with van der Waals surface area (Å²) in [6, 6.07) is 3.71. The Hall–Kier alpha value is -1.95. The molecule has 0 aliphatic heterocycles.